The monoisotopic (exact) mass is 369 g/mol. The van der Waals surface area contributed by atoms with Crippen molar-refractivity contribution in [1.29, 1.82) is 0 Å². The molecule has 142 valence electrons. The first-order valence-corrected chi connectivity index (χ1v) is 7.60. The number of esters is 2. The third-order valence-electron chi connectivity index (χ3n) is 3.28. The Morgan fingerprint density at radius 2 is 1.46 bits per heavy atom. The molecule has 0 heterocycles. The normalized spacial score (nSPS) is 10.2. The van der Waals surface area contributed by atoms with Crippen molar-refractivity contribution in [2.75, 3.05) is 27.4 Å². The van der Waals surface area contributed by atoms with Crippen LogP contribution >= 0.6 is 0 Å². The van der Waals surface area contributed by atoms with E-state index in [2.05, 4.69) is 0 Å². The van der Waals surface area contributed by atoms with Crippen LogP contribution in [0.15, 0.2) is 12.1 Å². The summed E-state index contributed by atoms with van der Waals surface area (Å²) in [6.45, 7) is 2.77. The van der Waals surface area contributed by atoms with Crippen LogP contribution in [0.3, 0.4) is 0 Å². The number of ketones is 1. The molecule has 0 atom stereocenters. The molecule has 1 aromatic rings. The summed E-state index contributed by atoms with van der Waals surface area (Å²) in [5, 5.41) is 11.5. The fraction of sp³-hybridized carbons (Fsp3) is 0.438. The molecule has 1 rings (SSSR count). The molecule has 0 amide bonds. The van der Waals surface area contributed by atoms with Gasteiger partial charge in [-0.05, 0) is 26.0 Å². The number of hydrogen-bond donors (Lipinski definition) is 0. The number of carbonyl (C=O) groups is 3. The highest BCUT2D eigenvalue weighted by Gasteiger charge is 2.43. The minimum Gasteiger partial charge on any atom is -0.496 e. The molecular formula is C16H19NO9. The molecule has 0 aliphatic heterocycles. The fourth-order valence-electron chi connectivity index (χ4n) is 2.21. The lowest BCUT2D eigenvalue weighted by atomic mass is 9.95. The van der Waals surface area contributed by atoms with Crippen molar-refractivity contribution in [2.24, 2.45) is 5.92 Å². The van der Waals surface area contributed by atoms with Crippen molar-refractivity contribution in [3.8, 4) is 11.5 Å². The van der Waals surface area contributed by atoms with Crippen molar-refractivity contribution in [3.63, 3.8) is 0 Å². The molecule has 0 aliphatic carbocycles. The predicted octanol–water partition coefficient (Wildman–Crippen LogP) is 1.54. The number of hydrogen-bond acceptors (Lipinski definition) is 9. The summed E-state index contributed by atoms with van der Waals surface area (Å²) in [7, 11) is 2.36. The molecule has 10 nitrogen and oxygen atoms in total. The summed E-state index contributed by atoms with van der Waals surface area (Å²) in [5.41, 5.74) is -1.31. The van der Waals surface area contributed by atoms with Crippen LogP contribution in [-0.4, -0.2) is 50.1 Å². The summed E-state index contributed by atoms with van der Waals surface area (Å²) in [6.07, 6.45) is 0. The average Bonchev–Trinajstić information content (AvgIpc) is 2.60. The number of nitro benzene ring substituents is 1. The van der Waals surface area contributed by atoms with E-state index in [1.807, 2.05) is 0 Å². The summed E-state index contributed by atoms with van der Waals surface area (Å²) in [4.78, 5) is 47.8. The molecular weight excluding hydrogens is 350 g/mol. The molecule has 10 heteroatoms. The largest absolute Gasteiger partial charge is 0.496 e. The Bertz CT molecular complexity index is 696. The van der Waals surface area contributed by atoms with Gasteiger partial charge < -0.3 is 18.9 Å². The highest BCUT2D eigenvalue weighted by Crippen LogP contribution is 2.38. The molecule has 0 N–H and O–H groups in total. The number of methoxy groups -OCH3 is 2. The van der Waals surface area contributed by atoms with E-state index in [0.29, 0.717) is 0 Å². The second-order valence-electron chi connectivity index (χ2n) is 4.75. The maximum atomic E-state index is 12.9. The summed E-state index contributed by atoms with van der Waals surface area (Å²) >= 11 is 0. The van der Waals surface area contributed by atoms with E-state index in [-0.39, 0.29) is 24.7 Å². The number of Topliss-reactive ketones (excluding diaryl/α,β-unsaturated/α-hetero) is 1. The molecule has 0 saturated carbocycles. The van der Waals surface area contributed by atoms with E-state index in [1.165, 1.54) is 40.2 Å². The van der Waals surface area contributed by atoms with Gasteiger partial charge >= 0.3 is 17.6 Å². The van der Waals surface area contributed by atoms with Crippen LogP contribution in [0.25, 0.3) is 0 Å². The zero-order valence-electron chi connectivity index (χ0n) is 14.8. The lowest BCUT2D eigenvalue weighted by Gasteiger charge is -2.16. The fourth-order valence-corrected chi connectivity index (χ4v) is 2.21. The lowest BCUT2D eigenvalue weighted by molar-refractivity contribution is -0.386. The zero-order chi connectivity index (χ0) is 19.9. The Morgan fingerprint density at radius 1 is 1.00 bits per heavy atom. The SMILES string of the molecule is CCOC(=O)C(C(=O)OCC)C(=O)c1c(OC)ccc(OC)c1[N+](=O)[O-]. The Hall–Kier alpha value is -3.17. The first-order valence-electron chi connectivity index (χ1n) is 7.60. The Kier molecular flexibility index (Phi) is 7.51. The molecule has 0 aromatic heterocycles. The highest BCUT2D eigenvalue weighted by molar-refractivity contribution is 6.23. The van der Waals surface area contributed by atoms with E-state index in [4.69, 9.17) is 18.9 Å². The molecule has 0 fully saturated rings. The molecule has 0 aliphatic rings. The van der Waals surface area contributed by atoms with Gasteiger partial charge in [-0.2, -0.15) is 0 Å². The van der Waals surface area contributed by atoms with Gasteiger partial charge in [-0.15, -0.1) is 0 Å². The van der Waals surface area contributed by atoms with Crippen molar-refractivity contribution in [2.45, 2.75) is 13.8 Å². The van der Waals surface area contributed by atoms with Gasteiger partial charge in [0, 0.05) is 0 Å². The average molecular weight is 369 g/mol. The van der Waals surface area contributed by atoms with Crippen LogP contribution in [0, 0.1) is 16.0 Å². The predicted molar refractivity (Wildman–Crippen MR) is 87.3 cm³/mol. The second kappa shape index (κ2) is 9.35. The second-order valence-corrected chi connectivity index (χ2v) is 4.75. The van der Waals surface area contributed by atoms with Gasteiger partial charge in [0.2, 0.25) is 5.92 Å². The Morgan fingerprint density at radius 3 is 1.85 bits per heavy atom. The maximum absolute atomic E-state index is 12.9. The van der Waals surface area contributed by atoms with E-state index >= 15 is 0 Å². The molecule has 0 spiro atoms. The van der Waals surface area contributed by atoms with E-state index in [0.717, 1.165) is 0 Å². The standard InChI is InChI=1S/C16H19NO9/c1-5-25-15(19)12(16(20)26-6-2)14(18)11-9(23-3)7-8-10(24-4)13(11)17(21)22/h7-8,12H,5-6H2,1-4H3. The third-order valence-corrected chi connectivity index (χ3v) is 3.28. The lowest BCUT2D eigenvalue weighted by Crippen LogP contribution is -2.35. The summed E-state index contributed by atoms with van der Waals surface area (Å²) < 4.78 is 19.4. The van der Waals surface area contributed by atoms with Crippen LogP contribution < -0.4 is 9.47 Å². The molecule has 0 bridgehead atoms. The van der Waals surface area contributed by atoms with Gasteiger partial charge in [-0.3, -0.25) is 24.5 Å². The van der Waals surface area contributed by atoms with Gasteiger partial charge in [0.25, 0.3) is 0 Å². The topological polar surface area (TPSA) is 131 Å². The van der Waals surface area contributed by atoms with Crippen LogP contribution in [-0.2, 0) is 19.1 Å². The van der Waals surface area contributed by atoms with Crippen molar-refractivity contribution < 1.29 is 38.3 Å². The number of nitro groups is 1. The smallest absolute Gasteiger partial charge is 0.328 e. The van der Waals surface area contributed by atoms with E-state index in [1.54, 1.807) is 0 Å². The molecule has 0 radical (unpaired) electrons. The first-order chi connectivity index (χ1) is 12.3. The van der Waals surface area contributed by atoms with Gasteiger partial charge in [-0.1, -0.05) is 0 Å². The minimum absolute atomic E-state index is 0.0979. The van der Waals surface area contributed by atoms with Crippen LogP contribution in [0.1, 0.15) is 24.2 Å². The van der Waals surface area contributed by atoms with Crippen LogP contribution in [0.4, 0.5) is 5.69 Å². The van der Waals surface area contributed by atoms with Crippen molar-refractivity contribution in [1.82, 2.24) is 0 Å². The maximum Gasteiger partial charge on any atom is 0.328 e. The van der Waals surface area contributed by atoms with Crippen LogP contribution in [0.2, 0.25) is 0 Å². The number of benzene rings is 1. The molecule has 0 saturated heterocycles. The Labute approximate surface area is 149 Å². The number of nitrogens with zero attached hydrogens (tertiary/aromatic N) is 1. The first kappa shape index (κ1) is 20.9. The minimum atomic E-state index is -2.02. The molecule has 0 unspecified atom stereocenters. The van der Waals surface area contributed by atoms with E-state index < -0.39 is 39.8 Å². The van der Waals surface area contributed by atoms with Gasteiger partial charge in [0.05, 0.1) is 32.4 Å². The summed E-state index contributed by atoms with van der Waals surface area (Å²) in [6, 6.07) is 2.49. The number of carbonyl (C=O) groups excluding carboxylic acids is 3. The van der Waals surface area contributed by atoms with Crippen LogP contribution in [0.5, 0.6) is 11.5 Å². The van der Waals surface area contributed by atoms with Gasteiger partial charge in [-0.25, -0.2) is 0 Å². The Balaban J connectivity index is 3.62. The highest BCUT2D eigenvalue weighted by atomic mass is 16.6. The van der Waals surface area contributed by atoms with Crippen molar-refractivity contribution in [3.05, 3.63) is 27.8 Å². The zero-order valence-corrected chi connectivity index (χ0v) is 14.8. The number of ether oxygens (including phenoxy) is 4. The summed E-state index contributed by atoms with van der Waals surface area (Å²) in [5.74, 6) is -5.96. The van der Waals surface area contributed by atoms with E-state index in [9.17, 15) is 24.5 Å². The van der Waals surface area contributed by atoms with Gasteiger partial charge in [0.15, 0.2) is 11.5 Å². The van der Waals surface area contributed by atoms with Gasteiger partial charge in [0.1, 0.15) is 11.3 Å². The third kappa shape index (κ3) is 4.26. The molecule has 26 heavy (non-hydrogen) atoms. The molecule has 1 aromatic carbocycles. The quantitative estimate of drug-likeness (QED) is 0.209. The number of rotatable bonds is 9. The van der Waals surface area contributed by atoms with Crippen molar-refractivity contribution >= 4 is 23.4 Å².